The fourth-order valence-corrected chi connectivity index (χ4v) is 4.53. The van der Waals surface area contributed by atoms with E-state index in [4.69, 9.17) is 22.4 Å². The molecule has 36 heavy (non-hydrogen) atoms. The number of nitrogens with zero attached hydrogens (tertiary/aromatic N) is 1. The van der Waals surface area contributed by atoms with Crippen molar-refractivity contribution >= 4 is 40.5 Å². The summed E-state index contributed by atoms with van der Waals surface area (Å²) in [6.07, 6.45) is 3.90. The SMILES string of the molecule is C[C@H](/C=C/CCO)[C@@]1(O)C(=O)N(Cc2cccc(NC(=O)c3ccc(N)cc3)c2)c2ccc(Cl)cc21. The number of nitrogen functional groups attached to an aromatic ring is 1. The monoisotopic (exact) mass is 505 g/mol. The van der Waals surface area contributed by atoms with Crippen LogP contribution in [-0.2, 0) is 16.9 Å². The van der Waals surface area contributed by atoms with Gasteiger partial charge in [-0.15, -0.1) is 0 Å². The topological polar surface area (TPSA) is 116 Å². The molecule has 5 N–H and O–H groups in total. The van der Waals surface area contributed by atoms with Crippen LogP contribution in [0.25, 0.3) is 0 Å². The number of halogens is 1. The Labute approximate surface area is 214 Å². The standard InChI is InChI=1S/C28H28ClN3O4/c1-18(5-2-3-14-33)28(36)24-16-21(29)10-13-25(24)32(27(28)35)17-19-6-4-7-23(15-19)31-26(34)20-8-11-22(30)12-9-20/h2,4-13,15-16,18,33,36H,3,14,17,30H2,1H3,(H,31,34)/b5-2+/t18-,28+/m1/s1. The number of anilines is 3. The molecule has 0 unspecified atom stereocenters. The molecule has 0 saturated heterocycles. The van der Waals surface area contributed by atoms with E-state index in [2.05, 4.69) is 5.32 Å². The zero-order chi connectivity index (χ0) is 25.9. The molecular formula is C28H28ClN3O4. The molecule has 0 spiro atoms. The summed E-state index contributed by atoms with van der Waals surface area (Å²) in [4.78, 5) is 27.8. The van der Waals surface area contributed by atoms with E-state index in [1.54, 1.807) is 79.7 Å². The molecule has 0 saturated carbocycles. The fourth-order valence-electron chi connectivity index (χ4n) is 4.36. The van der Waals surface area contributed by atoms with Gasteiger partial charge in [0.15, 0.2) is 5.60 Å². The van der Waals surface area contributed by atoms with Gasteiger partial charge in [0.2, 0.25) is 0 Å². The third-order valence-corrected chi connectivity index (χ3v) is 6.54. The zero-order valence-electron chi connectivity index (χ0n) is 19.8. The number of carbonyl (C=O) groups excluding carboxylic acids is 2. The number of hydrogen-bond donors (Lipinski definition) is 4. The van der Waals surface area contributed by atoms with Crippen molar-refractivity contribution in [2.75, 3.05) is 22.6 Å². The van der Waals surface area contributed by atoms with E-state index in [9.17, 15) is 14.7 Å². The predicted octanol–water partition coefficient (Wildman–Crippen LogP) is 4.48. The third-order valence-electron chi connectivity index (χ3n) is 6.31. The van der Waals surface area contributed by atoms with Gasteiger partial charge in [-0.1, -0.05) is 42.8 Å². The van der Waals surface area contributed by atoms with Gasteiger partial charge in [-0.2, -0.15) is 0 Å². The molecule has 4 rings (SSSR count). The Morgan fingerprint density at radius 3 is 2.64 bits per heavy atom. The first-order valence-corrected chi connectivity index (χ1v) is 12.0. The van der Waals surface area contributed by atoms with Crippen molar-refractivity contribution in [3.63, 3.8) is 0 Å². The van der Waals surface area contributed by atoms with Crippen LogP contribution < -0.4 is 16.0 Å². The Kier molecular flexibility index (Phi) is 7.45. The lowest BCUT2D eigenvalue weighted by Crippen LogP contribution is -2.44. The zero-order valence-corrected chi connectivity index (χ0v) is 20.6. The number of carbonyl (C=O) groups is 2. The van der Waals surface area contributed by atoms with Gasteiger partial charge >= 0.3 is 0 Å². The Bertz CT molecular complexity index is 1310. The van der Waals surface area contributed by atoms with Gasteiger partial charge in [0.25, 0.3) is 11.8 Å². The van der Waals surface area contributed by atoms with Crippen LogP contribution in [0.3, 0.4) is 0 Å². The van der Waals surface area contributed by atoms with Crippen molar-refractivity contribution in [1.82, 2.24) is 0 Å². The number of rotatable bonds is 8. The Balaban J connectivity index is 1.59. The lowest BCUT2D eigenvalue weighted by molar-refractivity contribution is -0.139. The van der Waals surface area contributed by atoms with Crippen molar-refractivity contribution in [3.8, 4) is 0 Å². The number of amides is 2. The second-order valence-corrected chi connectivity index (χ2v) is 9.26. The molecule has 7 nitrogen and oxygen atoms in total. The number of fused-ring (bicyclic) bond motifs is 1. The van der Waals surface area contributed by atoms with Gasteiger partial charge in [-0.25, -0.2) is 0 Å². The molecule has 2 amide bonds. The van der Waals surface area contributed by atoms with E-state index in [0.29, 0.717) is 39.6 Å². The highest BCUT2D eigenvalue weighted by Crippen LogP contribution is 2.46. The first kappa shape index (κ1) is 25.4. The molecule has 0 fully saturated rings. The molecule has 0 radical (unpaired) electrons. The molecular weight excluding hydrogens is 478 g/mol. The van der Waals surface area contributed by atoms with E-state index in [1.165, 1.54) is 4.90 Å². The summed E-state index contributed by atoms with van der Waals surface area (Å²) in [7, 11) is 0. The second kappa shape index (κ2) is 10.5. The van der Waals surface area contributed by atoms with E-state index >= 15 is 0 Å². The highest BCUT2D eigenvalue weighted by atomic mass is 35.5. The van der Waals surface area contributed by atoms with Gasteiger partial charge < -0.3 is 26.2 Å². The maximum absolute atomic E-state index is 13.6. The van der Waals surface area contributed by atoms with Gasteiger partial charge in [0.1, 0.15) is 0 Å². The second-order valence-electron chi connectivity index (χ2n) is 8.82. The molecule has 3 aromatic rings. The number of aliphatic hydroxyl groups is 2. The summed E-state index contributed by atoms with van der Waals surface area (Å²) in [5, 5.41) is 24.0. The summed E-state index contributed by atoms with van der Waals surface area (Å²) < 4.78 is 0. The molecule has 1 aliphatic rings. The summed E-state index contributed by atoms with van der Waals surface area (Å²) in [5.74, 6) is -1.29. The van der Waals surface area contributed by atoms with Crippen molar-refractivity contribution in [2.24, 2.45) is 5.92 Å². The van der Waals surface area contributed by atoms with Crippen LogP contribution >= 0.6 is 11.6 Å². The molecule has 8 heteroatoms. The lowest BCUT2D eigenvalue weighted by atomic mass is 9.83. The number of aliphatic hydroxyl groups excluding tert-OH is 1. The third kappa shape index (κ3) is 4.99. The Hall–Kier alpha value is -3.65. The van der Waals surface area contributed by atoms with Gasteiger partial charge in [0.05, 0.1) is 12.2 Å². The van der Waals surface area contributed by atoms with Crippen molar-refractivity contribution in [1.29, 1.82) is 0 Å². The molecule has 0 bridgehead atoms. The fraction of sp³-hybridized carbons (Fsp3) is 0.214. The van der Waals surface area contributed by atoms with Gasteiger partial charge in [-0.05, 0) is 66.6 Å². The minimum absolute atomic E-state index is 0.0185. The van der Waals surface area contributed by atoms with Crippen LogP contribution in [0.4, 0.5) is 17.1 Å². The summed E-state index contributed by atoms with van der Waals surface area (Å²) in [6, 6.07) is 18.9. The minimum Gasteiger partial charge on any atom is -0.399 e. The average molecular weight is 506 g/mol. The molecule has 3 aromatic carbocycles. The summed E-state index contributed by atoms with van der Waals surface area (Å²) in [5.41, 5.74) is 7.31. The smallest absolute Gasteiger partial charge is 0.264 e. The first-order valence-electron chi connectivity index (χ1n) is 11.6. The predicted molar refractivity (Wildman–Crippen MR) is 142 cm³/mol. The number of nitrogens with two attached hydrogens (primary N) is 1. The highest BCUT2D eigenvalue weighted by Gasteiger charge is 2.52. The van der Waals surface area contributed by atoms with Crippen LogP contribution in [0.2, 0.25) is 5.02 Å². The van der Waals surface area contributed by atoms with Crippen molar-refractivity contribution in [3.05, 3.63) is 101 Å². The Morgan fingerprint density at radius 2 is 1.92 bits per heavy atom. The highest BCUT2D eigenvalue weighted by molar-refractivity contribution is 6.31. The maximum atomic E-state index is 13.6. The van der Waals surface area contributed by atoms with E-state index in [-0.39, 0.29) is 19.1 Å². The summed E-state index contributed by atoms with van der Waals surface area (Å²) in [6.45, 7) is 1.93. The molecule has 0 aliphatic carbocycles. The molecule has 186 valence electrons. The lowest BCUT2D eigenvalue weighted by Gasteiger charge is -2.27. The largest absolute Gasteiger partial charge is 0.399 e. The Morgan fingerprint density at radius 1 is 1.17 bits per heavy atom. The molecule has 0 aromatic heterocycles. The molecule has 1 aliphatic heterocycles. The van der Waals surface area contributed by atoms with Crippen molar-refractivity contribution in [2.45, 2.75) is 25.5 Å². The summed E-state index contributed by atoms with van der Waals surface area (Å²) >= 11 is 6.23. The molecule has 1 heterocycles. The van der Waals surface area contributed by atoms with Crippen molar-refractivity contribution < 1.29 is 19.8 Å². The van der Waals surface area contributed by atoms with E-state index in [0.717, 1.165) is 5.56 Å². The number of hydrogen-bond acceptors (Lipinski definition) is 5. The van der Waals surface area contributed by atoms with Crippen LogP contribution in [-0.4, -0.2) is 28.6 Å². The van der Waals surface area contributed by atoms with Crippen LogP contribution in [0.5, 0.6) is 0 Å². The minimum atomic E-state index is -1.80. The number of benzene rings is 3. The van der Waals surface area contributed by atoms with Crippen LogP contribution in [0.15, 0.2) is 78.9 Å². The van der Waals surface area contributed by atoms with Gasteiger partial charge in [-0.3, -0.25) is 9.59 Å². The van der Waals surface area contributed by atoms with Gasteiger partial charge in [0, 0.05) is 40.0 Å². The first-order chi connectivity index (χ1) is 17.2. The number of nitrogens with one attached hydrogen (secondary N) is 1. The maximum Gasteiger partial charge on any atom is 0.264 e. The van der Waals surface area contributed by atoms with E-state index in [1.807, 2.05) is 6.07 Å². The van der Waals surface area contributed by atoms with E-state index < -0.39 is 17.4 Å². The molecule has 2 atom stereocenters. The average Bonchev–Trinajstić information content (AvgIpc) is 3.07. The van der Waals surface area contributed by atoms with Crippen LogP contribution in [0.1, 0.15) is 34.8 Å². The normalized spacial score (nSPS) is 17.9. The van der Waals surface area contributed by atoms with Crippen LogP contribution in [0, 0.1) is 5.92 Å². The quantitative estimate of drug-likeness (QED) is 0.266.